The van der Waals surface area contributed by atoms with E-state index < -0.39 is 0 Å². The van der Waals surface area contributed by atoms with Crippen LogP contribution in [-0.4, -0.2) is 5.48 Å². The molecule has 1 aromatic rings. The molecule has 1 heteroatoms. The Bertz CT molecular complexity index is 177. The lowest BCUT2D eigenvalue weighted by atomic mass is 10.2. The van der Waals surface area contributed by atoms with E-state index in [1.54, 1.807) is 0 Å². The Morgan fingerprint density at radius 3 is 1.55 bits per heavy atom. The van der Waals surface area contributed by atoms with Crippen molar-refractivity contribution in [2.75, 3.05) is 0 Å². The Balaban J connectivity index is 0. The first-order chi connectivity index (χ1) is 4.79. The summed E-state index contributed by atoms with van der Waals surface area (Å²) in [6, 6.07) is 8.45. The number of hydrogen-bond acceptors (Lipinski definition) is 0. The third kappa shape index (κ3) is 5.37. The molecular formula is C10H16O. The van der Waals surface area contributed by atoms with Crippen LogP contribution in [0.3, 0.4) is 0 Å². The molecule has 0 aromatic heterocycles. The second-order valence-corrected chi connectivity index (χ2v) is 2.16. The monoisotopic (exact) mass is 152 g/mol. The van der Waals surface area contributed by atoms with E-state index in [1.807, 2.05) is 0 Å². The van der Waals surface area contributed by atoms with Crippen LogP contribution in [0.1, 0.15) is 11.1 Å². The molecule has 0 bridgehead atoms. The first-order valence-corrected chi connectivity index (χ1v) is 3.32. The van der Waals surface area contributed by atoms with E-state index in [0.29, 0.717) is 0 Å². The maximum atomic E-state index is 3.00. The lowest BCUT2D eigenvalue weighted by molar-refractivity contribution is 0.824. The molecule has 1 nitrogen and oxygen atoms in total. The Hall–Kier alpha value is -1.08. The van der Waals surface area contributed by atoms with Crippen molar-refractivity contribution in [1.82, 2.24) is 0 Å². The normalized spacial score (nSPS) is 7.09. The molecule has 0 spiro atoms. The van der Waals surface area contributed by atoms with Gasteiger partial charge < -0.3 is 5.48 Å². The topological polar surface area (TPSA) is 31.5 Å². The average molecular weight is 152 g/mol. The minimum atomic E-state index is 0. The molecule has 2 N–H and O–H groups in total. The minimum absolute atomic E-state index is 0. The molecule has 0 radical (unpaired) electrons. The molecule has 0 aliphatic rings. The summed E-state index contributed by atoms with van der Waals surface area (Å²) < 4.78 is 0. The molecule has 0 saturated carbocycles. The average Bonchev–Trinajstić information content (AvgIpc) is 1.91. The van der Waals surface area contributed by atoms with Crippen molar-refractivity contribution in [2.24, 2.45) is 0 Å². The molecule has 0 unspecified atom stereocenters. The first-order valence-electron chi connectivity index (χ1n) is 3.32. The first kappa shape index (κ1) is 12.6. The van der Waals surface area contributed by atoms with Crippen LogP contribution in [0.25, 0.3) is 0 Å². The second kappa shape index (κ2) is 7.03. The summed E-state index contributed by atoms with van der Waals surface area (Å²) in [5.74, 6) is 0. The maximum Gasteiger partial charge on any atom is -0.0398 e. The van der Waals surface area contributed by atoms with E-state index in [4.69, 9.17) is 0 Å². The highest BCUT2D eigenvalue weighted by Crippen LogP contribution is 2.00. The van der Waals surface area contributed by atoms with Crippen molar-refractivity contribution in [3.63, 3.8) is 0 Å². The van der Waals surface area contributed by atoms with Gasteiger partial charge in [0.25, 0.3) is 0 Å². The van der Waals surface area contributed by atoms with Gasteiger partial charge in [-0.1, -0.05) is 35.4 Å². The summed E-state index contributed by atoms with van der Waals surface area (Å²) in [5, 5.41) is 0. The zero-order valence-electron chi connectivity index (χ0n) is 7.22. The quantitative estimate of drug-likeness (QED) is 0.511. The van der Waals surface area contributed by atoms with Gasteiger partial charge in [-0.05, 0) is 13.8 Å². The van der Waals surface area contributed by atoms with Crippen LogP contribution in [0.2, 0.25) is 0 Å². The van der Waals surface area contributed by atoms with Crippen LogP contribution >= 0.6 is 0 Å². The van der Waals surface area contributed by atoms with Crippen molar-refractivity contribution >= 4 is 0 Å². The molecule has 0 aliphatic carbocycles. The lowest BCUT2D eigenvalue weighted by Gasteiger charge is -1.90. The third-order valence-corrected chi connectivity index (χ3v) is 1.17. The van der Waals surface area contributed by atoms with Gasteiger partial charge in [0.05, 0.1) is 0 Å². The molecule has 62 valence electrons. The summed E-state index contributed by atoms with van der Waals surface area (Å²) in [5.41, 5.74) is 2.68. The summed E-state index contributed by atoms with van der Waals surface area (Å²) in [6.45, 7) is 10.2. The van der Waals surface area contributed by atoms with Gasteiger partial charge in [0.15, 0.2) is 0 Å². The highest BCUT2D eigenvalue weighted by Gasteiger charge is 1.80. The van der Waals surface area contributed by atoms with E-state index in [9.17, 15) is 0 Å². The van der Waals surface area contributed by atoms with Gasteiger partial charge >= 0.3 is 0 Å². The van der Waals surface area contributed by atoms with E-state index in [1.165, 1.54) is 11.1 Å². The zero-order valence-corrected chi connectivity index (χ0v) is 7.22. The fraction of sp³-hybridized carbons (Fsp3) is 0.200. The fourth-order valence-electron chi connectivity index (χ4n) is 0.807. The van der Waals surface area contributed by atoms with Crippen molar-refractivity contribution in [3.8, 4) is 0 Å². The van der Waals surface area contributed by atoms with Crippen LogP contribution in [0.15, 0.2) is 37.4 Å². The molecule has 0 fully saturated rings. The predicted molar refractivity (Wildman–Crippen MR) is 50.8 cm³/mol. The summed E-state index contributed by atoms with van der Waals surface area (Å²) in [4.78, 5) is 0. The third-order valence-electron chi connectivity index (χ3n) is 1.17. The van der Waals surface area contributed by atoms with Crippen LogP contribution < -0.4 is 0 Å². The van der Waals surface area contributed by atoms with E-state index in [2.05, 4.69) is 51.3 Å². The molecule has 0 atom stereocenters. The Kier molecular flexibility index (Phi) is 8.04. The standard InChI is InChI=1S/C8H10.C2H4.H2O/c1-7-4-3-5-8(2)6-7;1-2;/h3-6H,1-2H3;1-2H2;1H2. The van der Waals surface area contributed by atoms with Gasteiger partial charge in [0.2, 0.25) is 0 Å². The Morgan fingerprint density at radius 1 is 1.00 bits per heavy atom. The molecular weight excluding hydrogens is 136 g/mol. The SMILES string of the molecule is C=C.Cc1cccc(C)c1.O. The summed E-state index contributed by atoms with van der Waals surface area (Å²) >= 11 is 0. The van der Waals surface area contributed by atoms with Crippen molar-refractivity contribution in [1.29, 1.82) is 0 Å². The van der Waals surface area contributed by atoms with Crippen molar-refractivity contribution in [3.05, 3.63) is 48.6 Å². The van der Waals surface area contributed by atoms with Crippen LogP contribution in [-0.2, 0) is 0 Å². The van der Waals surface area contributed by atoms with E-state index in [-0.39, 0.29) is 5.48 Å². The molecule has 0 amide bonds. The largest absolute Gasteiger partial charge is 0.412 e. The molecule has 0 heterocycles. The predicted octanol–water partition coefficient (Wildman–Crippen LogP) is 2.28. The molecule has 0 aliphatic heterocycles. The van der Waals surface area contributed by atoms with Crippen molar-refractivity contribution < 1.29 is 5.48 Å². The van der Waals surface area contributed by atoms with Crippen molar-refractivity contribution in [2.45, 2.75) is 13.8 Å². The van der Waals surface area contributed by atoms with E-state index >= 15 is 0 Å². The highest BCUT2D eigenvalue weighted by atomic mass is 16.0. The Labute approximate surface area is 68.7 Å². The molecule has 0 saturated heterocycles. The second-order valence-electron chi connectivity index (χ2n) is 2.16. The fourth-order valence-corrected chi connectivity index (χ4v) is 0.807. The van der Waals surface area contributed by atoms with Gasteiger partial charge in [-0.15, -0.1) is 13.2 Å². The van der Waals surface area contributed by atoms with Crippen LogP contribution in [0, 0.1) is 13.8 Å². The zero-order chi connectivity index (χ0) is 7.98. The summed E-state index contributed by atoms with van der Waals surface area (Å²) in [6.07, 6.45) is 0. The molecule has 1 rings (SSSR count). The number of benzene rings is 1. The minimum Gasteiger partial charge on any atom is -0.412 e. The molecule has 1 aromatic carbocycles. The number of rotatable bonds is 0. The van der Waals surface area contributed by atoms with Gasteiger partial charge in [-0.25, -0.2) is 0 Å². The Morgan fingerprint density at radius 2 is 1.36 bits per heavy atom. The van der Waals surface area contributed by atoms with Gasteiger partial charge in [-0.2, -0.15) is 0 Å². The van der Waals surface area contributed by atoms with Crippen LogP contribution in [0.4, 0.5) is 0 Å². The van der Waals surface area contributed by atoms with Gasteiger partial charge in [0.1, 0.15) is 0 Å². The number of aryl methyl sites for hydroxylation is 2. The maximum absolute atomic E-state index is 3.00. The van der Waals surface area contributed by atoms with Gasteiger partial charge in [-0.3, -0.25) is 0 Å². The molecule has 11 heavy (non-hydrogen) atoms. The highest BCUT2D eigenvalue weighted by molar-refractivity contribution is 5.20. The van der Waals surface area contributed by atoms with E-state index in [0.717, 1.165) is 0 Å². The number of hydrogen-bond donors (Lipinski definition) is 0. The summed E-state index contributed by atoms with van der Waals surface area (Å²) in [7, 11) is 0. The lowest BCUT2D eigenvalue weighted by Crippen LogP contribution is -1.71. The van der Waals surface area contributed by atoms with Crippen LogP contribution in [0.5, 0.6) is 0 Å². The van der Waals surface area contributed by atoms with Gasteiger partial charge in [0, 0.05) is 0 Å². The smallest absolute Gasteiger partial charge is 0.0398 e.